The molecule has 1 saturated carbocycles. The average Bonchev–Trinajstić information content (AvgIpc) is 3.54. The molecule has 2 aromatic carbocycles. The predicted molar refractivity (Wildman–Crippen MR) is 123 cm³/mol. The van der Waals surface area contributed by atoms with Gasteiger partial charge < -0.3 is 14.8 Å². The Morgan fingerprint density at radius 3 is 2.52 bits per heavy atom. The zero-order valence-corrected chi connectivity index (χ0v) is 19.9. The Morgan fingerprint density at radius 2 is 1.91 bits per heavy atom. The van der Waals surface area contributed by atoms with Crippen molar-refractivity contribution in [3.8, 4) is 11.5 Å². The van der Waals surface area contributed by atoms with Crippen molar-refractivity contribution < 1.29 is 32.0 Å². The lowest BCUT2D eigenvalue weighted by Gasteiger charge is -2.36. The van der Waals surface area contributed by atoms with E-state index in [-0.39, 0.29) is 18.3 Å². The summed E-state index contributed by atoms with van der Waals surface area (Å²) in [4.78, 5) is 27.6. The second-order valence-corrected chi connectivity index (χ2v) is 10.8. The van der Waals surface area contributed by atoms with Gasteiger partial charge >= 0.3 is 11.9 Å². The SMILES string of the molecule is CCOc1cc([C@@H](CS(C)(=O)=O)[N+]2(C(=O)NC3CC3)Cc3ccccc3C2=O)ccc1OC. The molecular formula is C24H29N2O6S+. The maximum atomic E-state index is 13.9. The number of fused-ring (bicyclic) bond motifs is 1. The van der Waals surface area contributed by atoms with Crippen molar-refractivity contribution in [1.29, 1.82) is 0 Å². The number of ether oxygens (including phenoxy) is 2. The van der Waals surface area contributed by atoms with Crippen LogP contribution in [0.25, 0.3) is 0 Å². The molecule has 4 rings (SSSR count). The number of imide groups is 1. The van der Waals surface area contributed by atoms with E-state index in [1.807, 2.05) is 19.1 Å². The van der Waals surface area contributed by atoms with Gasteiger partial charge in [-0.3, -0.25) is 0 Å². The van der Waals surface area contributed by atoms with Gasteiger partial charge in [-0.05, 0) is 44.0 Å². The summed E-state index contributed by atoms with van der Waals surface area (Å²) >= 11 is 0. The number of nitrogens with one attached hydrogen (secondary N) is 1. The van der Waals surface area contributed by atoms with E-state index in [2.05, 4.69) is 5.32 Å². The van der Waals surface area contributed by atoms with E-state index in [4.69, 9.17) is 9.47 Å². The molecular weight excluding hydrogens is 444 g/mol. The Morgan fingerprint density at radius 1 is 1.18 bits per heavy atom. The highest BCUT2D eigenvalue weighted by Gasteiger charge is 2.58. The van der Waals surface area contributed by atoms with E-state index in [1.54, 1.807) is 30.3 Å². The first kappa shape index (κ1) is 23.3. The van der Waals surface area contributed by atoms with Crippen LogP contribution in [0.3, 0.4) is 0 Å². The number of methoxy groups -OCH3 is 1. The van der Waals surface area contributed by atoms with Crippen LogP contribution in [0.1, 0.15) is 47.3 Å². The summed E-state index contributed by atoms with van der Waals surface area (Å²) in [5.74, 6) is 0.152. The third-order valence-electron chi connectivity index (χ3n) is 6.16. The number of carbonyl (C=O) groups excluding carboxylic acids is 2. The van der Waals surface area contributed by atoms with Gasteiger partial charge in [-0.1, -0.05) is 18.2 Å². The molecule has 1 N–H and O–H groups in total. The van der Waals surface area contributed by atoms with Crippen LogP contribution in [0.5, 0.6) is 11.5 Å². The van der Waals surface area contributed by atoms with Crippen molar-refractivity contribution in [3.63, 3.8) is 0 Å². The van der Waals surface area contributed by atoms with Crippen LogP contribution in [-0.4, -0.2) is 56.6 Å². The zero-order valence-electron chi connectivity index (χ0n) is 19.0. The number of sulfone groups is 1. The third-order valence-corrected chi connectivity index (χ3v) is 7.08. The highest BCUT2D eigenvalue weighted by Crippen LogP contribution is 2.43. The fraction of sp³-hybridized carbons (Fsp3) is 0.417. The van der Waals surface area contributed by atoms with E-state index in [0.29, 0.717) is 29.2 Å². The first-order chi connectivity index (χ1) is 15.7. The maximum Gasteiger partial charge on any atom is 0.425 e. The molecule has 2 atom stereocenters. The second kappa shape index (κ2) is 8.79. The molecule has 0 spiro atoms. The molecule has 33 heavy (non-hydrogen) atoms. The molecule has 0 saturated heterocycles. The monoisotopic (exact) mass is 473 g/mol. The Kier molecular flexibility index (Phi) is 6.20. The van der Waals surface area contributed by atoms with Gasteiger partial charge in [0, 0.05) is 23.4 Å². The number of quaternary nitrogens is 1. The predicted octanol–water partition coefficient (Wildman–Crippen LogP) is 3.22. The van der Waals surface area contributed by atoms with Gasteiger partial charge in [0.25, 0.3) is 0 Å². The average molecular weight is 474 g/mol. The molecule has 1 aliphatic carbocycles. The van der Waals surface area contributed by atoms with Gasteiger partial charge in [0.1, 0.15) is 18.3 Å². The van der Waals surface area contributed by atoms with E-state index >= 15 is 0 Å². The molecule has 2 aliphatic rings. The summed E-state index contributed by atoms with van der Waals surface area (Å²) in [6, 6.07) is 10.7. The molecule has 1 heterocycles. The highest BCUT2D eigenvalue weighted by molar-refractivity contribution is 7.90. The molecule has 176 valence electrons. The standard InChI is InChI=1S/C24H28N2O6S/c1-4-32-22-13-16(9-12-21(22)31-2)20(15-33(3,29)30)26(24(28)25-18-10-11-18)14-17-7-5-6-8-19(17)23(26)27/h5-9,12-13,18,20H,4,10-11,14-15H2,1-3H3/p+1/t20-,26?/m1/s1. The number of benzene rings is 2. The number of amides is 3. The highest BCUT2D eigenvalue weighted by atomic mass is 32.2. The quantitative estimate of drug-likeness (QED) is 0.591. The molecule has 2 aromatic rings. The van der Waals surface area contributed by atoms with E-state index in [1.165, 1.54) is 7.11 Å². The van der Waals surface area contributed by atoms with Crippen LogP contribution >= 0.6 is 0 Å². The number of carbonyl (C=O) groups is 2. The number of hydrogen-bond donors (Lipinski definition) is 1. The van der Waals surface area contributed by atoms with Crippen molar-refractivity contribution >= 4 is 21.8 Å². The van der Waals surface area contributed by atoms with Gasteiger partial charge in [-0.2, -0.15) is 4.48 Å². The first-order valence-corrected chi connectivity index (χ1v) is 13.1. The normalized spacial score (nSPS) is 20.8. The van der Waals surface area contributed by atoms with Crippen LogP contribution in [0.2, 0.25) is 0 Å². The summed E-state index contributed by atoms with van der Waals surface area (Å²) in [6.45, 7) is 2.30. The largest absolute Gasteiger partial charge is 0.493 e. The summed E-state index contributed by atoms with van der Waals surface area (Å²) in [5.41, 5.74) is 1.70. The third kappa shape index (κ3) is 4.47. The molecule has 0 bridgehead atoms. The fourth-order valence-electron chi connectivity index (χ4n) is 4.43. The number of nitrogens with zero attached hydrogens (tertiary/aromatic N) is 1. The minimum Gasteiger partial charge on any atom is -0.493 e. The minimum absolute atomic E-state index is 0.0118. The van der Waals surface area contributed by atoms with Gasteiger partial charge in [0.05, 0.1) is 19.3 Å². The van der Waals surface area contributed by atoms with Crippen molar-refractivity contribution in [1.82, 2.24) is 5.32 Å². The number of hydrogen-bond acceptors (Lipinski definition) is 6. The van der Waals surface area contributed by atoms with Crippen molar-refractivity contribution in [3.05, 3.63) is 59.2 Å². The summed E-state index contributed by atoms with van der Waals surface area (Å²) in [6.07, 6.45) is 2.82. The van der Waals surface area contributed by atoms with Crippen LogP contribution in [0.15, 0.2) is 42.5 Å². The lowest BCUT2D eigenvalue weighted by Crippen LogP contribution is -2.61. The Labute approximate surface area is 194 Å². The first-order valence-electron chi connectivity index (χ1n) is 11.0. The Balaban J connectivity index is 1.90. The minimum atomic E-state index is -3.56. The van der Waals surface area contributed by atoms with Crippen molar-refractivity contribution in [2.75, 3.05) is 25.7 Å². The Hall–Kier alpha value is -2.91. The zero-order chi connectivity index (χ0) is 23.8. The van der Waals surface area contributed by atoms with Gasteiger partial charge in [0.15, 0.2) is 21.3 Å². The van der Waals surface area contributed by atoms with Gasteiger partial charge in [-0.25, -0.2) is 18.0 Å². The lowest BCUT2D eigenvalue weighted by molar-refractivity contribution is -0.808. The number of urea groups is 1. The molecule has 9 heteroatoms. The van der Waals surface area contributed by atoms with Gasteiger partial charge in [0.2, 0.25) is 0 Å². The molecule has 1 unspecified atom stereocenters. The number of rotatable bonds is 8. The molecule has 8 nitrogen and oxygen atoms in total. The van der Waals surface area contributed by atoms with Crippen molar-refractivity contribution in [2.24, 2.45) is 0 Å². The smallest absolute Gasteiger partial charge is 0.425 e. The van der Waals surface area contributed by atoms with Crippen LogP contribution in [0, 0.1) is 0 Å². The van der Waals surface area contributed by atoms with E-state index in [9.17, 15) is 18.0 Å². The summed E-state index contributed by atoms with van der Waals surface area (Å²) < 4.78 is 35.6. The van der Waals surface area contributed by atoms with Crippen LogP contribution < -0.4 is 14.8 Å². The summed E-state index contributed by atoms with van der Waals surface area (Å²) in [5, 5.41) is 2.96. The van der Waals surface area contributed by atoms with Crippen LogP contribution in [0.4, 0.5) is 4.79 Å². The maximum absolute atomic E-state index is 13.9. The molecule has 1 aliphatic heterocycles. The molecule has 0 radical (unpaired) electrons. The van der Waals surface area contributed by atoms with Crippen molar-refractivity contribution in [2.45, 2.75) is 38.4 Å². The molecule has 3 amide bonds. The summed E-state index contributed by atoms with van der Waals surface area (Å²) in [7, 11) is -2.05. The van der Waals surface area contributed by atoms with Crippen LogP contribution in [-0.2, 0) is 16.4 Å². The molecule has 0 aromatic heterocycles. The van der Waals surface area contributed by atoms with E-state index in [0.717, 1.165) is 24.7 Å². The fourth-order valence-corrected chi connectivity index (χ4v) is 5.45. The van der Waals surface area contributed by atoms with E-state index < -0.39 is 32.3 Å². The lowest BCUT2D eigenvalue weighted by atomic mass is 10.0. The van der Waals surface area contributed by atoms with Gasteiger partial charge in [-0.15, -0.1) is 0 Å². The Bertz CT molecular complexity index is 1190. The topological polar surface area (TPSA) is 98.8 Å². The second-order valence-electron chi connectivity index (χ2n) is 8.66. The molecule has 1 fully saturated rings.